The molecule has 2 aromatic carbocycles. The molecule has 3 aliphatic rings. The monoisotopic (exact) mass is 548 g/mol. The van der Waals surface area contributed by atoms with E-state index in [4.69, 9.17) is 23.2 Å². The second-order valence-corrected chi connectivity index (χ2v) is 13.0. The number of nitrogens with one attached hydrogen (secondary N) is 1. The lowest BCUT2D eigenvalue weighted by molar-refractivity contribution is 0.156. The molecular formula is C28H36Cl2N3O2S+. The van der Waals surface area contributed by atoms with E-state index in [2.05, 4.69) is 27.2 Å². The highest BCUT2D eigenvalue weighted by Crippen LogP contribution is 2.63. The SMILES string of the molecule is C[SH+](=O)c1cccc(C23CCC(N(CCCN4CCCC4)C(=O)Nc4ccc(Cl)c(Cl)c4)CC2C3)c1. The lowest BCUT2D eigenvalue weighted by atomic mass is 9.80. The summed E-state index contributed by atoms with van der Waals surface area (Å²) in [6, 6.07) is 13.8. The van der Waals surface area contributed by atoms with Gasteiger partial charge in [0.15, 0.2) is 4.90 Å². The summed E-state index contributed by atoms with van der Waals surface area (Å²) in [7, 11) is -1.34. The van der Waals surface area contributed by atoms with Gasteiger partial charge in [0.25, 0.3) is 0 Å². The van der Waals surface area contributed by atoms with Crippen LogP contribution in [0.15, 0.2) is 47.4 Å². The number of anilines is 1. The third-order valence-corrected chi connectivity index (χ3v) is 10.2. The minimum absolute atomic E-state index is 0.0575. The number of nitrogens with zero attached hydrogens (tertiary/aromatic N) is 2. The molecule has 8 heteroatoms. The molecule has 1 heterocycles. The van der Waals surface area contributed by atoms with E-state index in [1.165, 1.54) is 31.5 Å². The number of carbonyl (C=O) groups excluding carboxylic acids is 1. The minimum atomic E-state index is -1.34. The van der Waals surface area contributed by atoms with Crippen LogP contribution in [-0.2, 0) is 20.4 Å². The number of thiol groups is 1. The summed E-state index contributed by atoms with van der Waals surface area (Å²) < 4.78 is 12.1. The number of carbonyl (C=O) groups is 1. The van der Waals surface area contributed by atoms with E-state index >= 15 is 0 Å². The minimum Gasteiger partial charge on any atom is -0.321 e. The van der Waals surface area contributed by atoms with Gasteiger partial charge in [0.1, 0.15) is 17.1 Å². The number of rotatable bonds is 8. The molecule has 36 heavy (non-hydrogen) atoms. The van der Waals surface area contributed by atoms with Gasteiger partial charge < -0.3 is 15.1 Å². The first-order valence-electron chi connectivity index (χ1n) is 13.1. The molecule has 2 aliphatic carbocycles. The Morgan fingerprint density at radius 3 is 2.69 bits per heavy atom. The van der Waals surface area contributed by atoms with E-state index in [1.54, 1.807) is 24.5 Å². The molecule has 1 aliphatic heterocycles. The Balaban J connectivity index is 1.28. The number of halogens is 2. The van der Waals surface area contributed by atoms with Crippen molar-refractivity contribution in [3.8, 4) is 0 Å². The van der Waals surface area contributed by atoms with Gasteiger partial charge in [0.05, 0.1) is 10.0 Å². The summed E-state index contributed by atoms with van der Waals surface area (Å²) in [4.78, 5) is 19.0. The van der Waals surface area contributed by atoms with Crippen LogP contribution < -0.4 is 5.32 Å². The summed E-state index contributed by atoms with van der Waals surface area (Å²) in [6.07, 6.45) is 9.53. The van der Waals surface area contributed by atoms with Gasteiger partial charge in [0.2, 0.25) is 0 Å². The Morgan fingerprint density at radius 2 is 1.97 bits per heavy atom. The van der Waals surface area contributed by atoms with Gasteiger partial charge in [-0.15, -0.1) is 4.21 Å². The molecule has 4 atom stereocenters. The molecule has 194 valence electrons. The van der Waals surface area contributed by atoms with E-state index < -0.39 is 10.8 Å². The van der Waals surface area contributed by atoms with Crippen LogP contribution in [0.1, 0.15) is 50.5 Å². The van der Waals surface area contributed by atoms with Gasteiger partial charge >= 0.3 is 6.03 Å². The average molecular weight is 550 g/mol. The van der Waals surface area contributed by atoms with E-state index in [9.17, 15) is 9.00 Å². The number of hydrogen-bond donors (Lipinski definition) is 1. The number of benzene rings is 2. The zero-order valence-corrected chi connectivity index (χ0v) is 23.3. The Bertz CT molecular complexity index is 1140. The highest BCUT2D eigenvalue weighted by molar-refractivity contribution is 7.84. The smallest absolute Gasteiger partial charge is 0.321 e. The first kappa shape index (κ1) is 26.0. The summed E-state index contributed by atoms with van der Waals surface area (Å²) in [5.74, 6) is 0.570. The largest absolute Gasteiger partial charge is 0.322 e. The zero-order valence-electron chi connectivity index (χ0n) is 20.9. The van der Waals surface area contributed by atoms with Gasteiger partial charge in [-0.2, -0.15) is 0 Å². The van der Waals surface area contributed by atoms with E-state index in [0.717, 1.165) is 50.1 Å². The molecule has 0 bridgehead atoms. The molecule has 2 amide bonds. The Hall–Kier alpha value is -1.60. The quantitative estimate of drug-likeness (QED) is 0.302. The van der Waals surface area contributed by atoms with Gasteiger partial charge in [-0.05, 0) is 112 Å². The number of likely N-dealkylation sites (tertiary alicyclic amines) is 1. The Kier molecular flexibility index (Phi) is 7.97. The number of hydrogen-bond acceptors (Lipinski definition) is 3. The number of amides is 2. The van der Waals surface area contributed by atoms with Crippen LogP contribution in [0, 0.1) is 5.92 Å². The molecule has 2 aromatic rings. The fraction of sp³-hybridized carbons (Fsp3) is 0.536. The molecule has 4 unspecified atom stereocenters. The highest BCUT2D eigenvalue weighted by Gasteiger charge is 2.58. The van der Waals surface area contributed by atoms with Gasteiger partial charge in [0, 0.05) is 18.3 Å². The Morgan fingerprint density at radius 1 is 1.17 bits per heavy atom. The van der Waals surface area contributed by atoms with Crippen LogP contribution in [0.3, 0.4) is 0 Å². The lowest BCUT2D eigenvalue weighted by Crippen LogP contribution is -2.46. The molecule has 1 N–H and O–H groups in total. The van der Waals surface area contributed by atoms with Gasteiger partial charge in [-0.3, -0.25) is 0 Å². The van der Waals surface area contributed by atoms with Crippen LogP contribution in [-0.4, -0.2) is 54.3 Å². The zero-order chi connectivity index (χ0) is 25.3. The predicted octanol–water partition coefficient (Wildman–Crippen LogP) is 6.51. The average Bonchev–Trinajstić information content (AvgIpc) is 3.38. The molecule has 0 radical (unpaired) electrons. The molecule has 0 spiro atoms. The van der Waals surface area contributed by atoms with Crippen molar-refractivity contribution in [1.82, 2.24) is 9.80 Å². The number of urea groups is 1. The van der Waals surface area contributed by atoms with E-state index in [-0.39, 0.29) is 17.5 Å². The highest BCUT2D eigenvalue weighted by atomic mass is 35.5. The van der Waals surface area contributed by atoms with Crippen molar-refractivity contribution < 1.29 is 9.00 Å². The van der Waals surface area contributed by atoms with Crippen molar-refractivity contribution in [2.75, 3.05) is 37.8 Å². The van der Waals surface area contributed by atoms with Crippen molar-refractivity contribution in [3.63, 3.8) is 0 Å². The summed E-state index contributed by atoms with van der Waals surface area (Å²) in [6.45, 7) is 4.14. The third kappa shape index (κ3) is 5.62. The molecule has 5 nitrogen and oxygen atoms in total. The molecule has 3 fully saturated rings. The molecule has 2 saturated carbocycles. The van der Waals surface area contributed by atoms with Gasteiger partial charge in [-0.1, -0.05) is 35.3 Å². The van der Waals surface area contributed by atoms with Crippen molar-refractivity contribution in [2.45, 2.75) is 61.3 Å². The second kappa shape index (κ2) is 11.0. The fourth-order valence-electron chi connectivity index (χ4n) is 6.35. The van der Waals surface area contributed by atoms with Crippen LogP contribution in [0.5, 0.6) is 0 Å². The predicted molar refractivity (Wildman–Crippen MR) is 150 cm³/mol. The van der Waals surface area contributed by atoms with Crippen molar-refractivity contribution in [3.05, 3.63) is 58.1 Å². The first-order valence-corrected chi connectivity index (χ1v) is 15.6. The van der Waals surface area contributed by atoms with Crippen LogP contribution in [0.25, 0.3) is 0 Å². The second-order valence-electron chi connectivity index (χ2n) is 10.7. The molecule has 1 saturated heterocycles. The maximum absolute atomic E-state index is 13.5. The molecular weight excluding hydrogens is 513 g/mol. The number of fused-ring (bicyclic) bond motifs is 1. The summed E-state index contributed by atoms with van der Waals surface area (Å²) in [5, 5.41) is 3.99. The molecule has 0 aromatic heterocycles. The third-order valence-electron chi connectivity index (χ3n) is 8.44. The van der Waals surface area contributed by atoms with Crippen molar-refractivity contribution in [2.24, 2.45) is 5.92 Å². The fourth-order valence-corrected chi connectivity index (χ4v) is 7.26. The standard InChI is InChI=1S/C28H35Cl2N3O2S/c1-36(35)24-7-4-6-20(17-24)28-11-10-23(16-21(28)19-28)33(15-5-14-32-12-2-3-13-32)27(34)31-22-8-9-25(29)26(30)18-22/h4,6-9,17-18,21,23H,2-3,5,10-16,19H2,1H3,(H,31,34)/p+1. The maximum atomic E-state index is 13.5. The Labute approximate surface area is 227 Å². The van der Waals surface area contributed by atoms with Crippen molar-refractivity contribution >= 4 is 45.7 Å². The topological polar surface area (TPSA) is 52.7 Å². The molecule has 5 rings (SSSR count). The van der Waals surface area contributed by atoms with E-state index in [1.807, 2.05) is 12.1 Å². The lowest BCUT2D eigenvalue weighted by Gasteiger charge is -2.37. The summed E-state index contributed by atoms with van der Waals surface area (Å²) in [5.41, 5.74) is 2.19. The maximum Gasteiger partial charge on any atom is 0.322 e. The normalized spacial score (nSPS) is 26.3. The summed E-state index contributed by atoms with van der Waals surface area (Å²) >= 11 is 12.3. The van der Waals surface area contributed by atoms with Crippen molar-refractivity contribution in [1.29, 1.82) is 0 Å². The van der Waals surface area contributed by atoms with Gasteiger partial charge in [-0.25, -0.2) is 4.79 Å². The first-order chi connectivity index (χ1) is 17.4. The van der Waals surface area contributed by atoms with Crippen LogP contribution >= 0.6 is 23.2 Å². The van der Waals surface area contributed by atoms with Crippen LogP contribution in [0.2, 0.25) is 10.0 Å². The van der Waals surface area contributed by atoms with E-state index in [0.29, 0.717) is 21.7 Å². The van der Waals surface area contributed by atoms with Crippen LogP contribution in [0.4, 0.5) is 10.5 Å².